The van der Waals surface area contributed by atoms with Crippen molar-refractivity contribution in [1.29, 1.82) is 0 Å². The number of nitrogens with one attached hydrogen (secondary N) is 1. The van der Waals surface area contributed by atoms with E-state index in [1.165, 1.54) is 6.07 Å². The molecule has 0 aromatic heterocycles. The summed E-state index contributed by atoms with van der Waals surface area (Å²) in [4.78, 5) is -0.616. The van der Waals surface area contributed by atoms with Gasteiger partial charge in [-0.3, -0.25) is 0 Å². The van der Waals surface area contributed by atoms with Gasteiger partial charge in [-0.1, -0.05) is 76.6 Å². The van der Waals surface area contributed by atoms with Crippen LogP contribution < -0.4 is 9.46 Å². The third-order valence-corrected chi connectivity index (χ3v) is 5.92. The van der Waals surface area contributed by atoms with Crippen LogP contribution in [0.3, 0.4) is 0 Å². The highest BCUT2D eigenvalue weighted by atomic mass is 79.9. The molecule has 9 heteroatoms. The lowest BCUT2D eigenvalue weighted by Crippen LogP contribution is -2.30. The van der Waals surface area contributed by atoms with Gasteiger partial charge in [0.15, 0.2) is 5.75 Å². The molecule has 0 aliphatic carbocycles. The topological polar surface area (TPSA) is 55.4 Å². The molecule has 0 unspecified atom stereocenters. The molecule has 0 atom stereocenters. The van der Waals surface area contributed by atoms with Gasteiger partial charge in [0.05, 0.1) is 6.04 Å². The second-order valence-electron chi connectivity index (χ2n) is 6.01. The Hall–Kier alpha value is -2.36. The monoisotopic (exact) mass is 485 g/mol. The summed E-state index contributed by atoms with van der Waals surface area (Å²) >= 11 is 3.03. The van der Waals surface area contributed by atoms with Crippen LogP contribution >= 0.6 is 15.9 Å². The van der Waals surface area contributed by atoms with E-state index in [4.69, 9.17) is 0 Å². The SMILES string of the molecule is O=S(=O)(NC(c1ccccc1)c1ccccc1)c1ccc(Br)cc1OC(F)(F)F. The van der Waals surface area contributed by atoms with Crippen LogP contribution in [0.1, 0.15) is 17.2 Å². The number of alkyl halides is 3. The third-order valence-electron chi connectivity index (χ3n) is 3.96. The fraction of sp³-hybridized carbons (Fsp3) is 0.100. The van der Waals surface area contributed by atoms with Crippen molar-refractivity contribution >= 4 is 26.0 Å². The van der Waals surface area contributed by atoms with E-state index in [0.717, 1.165) is 12.1 Å². The Balaban J connectivity index is 2.05. The molecule has 0 bridgehead atoms. The van der Waals surface area contributed by atoms with Crippen molar-refractivity contribution in [3.63, 3.8) is 0 Å². The van der Waals surface area contributed by atoms with Crippen LogP contribution in [0, 0.1) is 0 Å². The lowest BCUT2D eigenvalue weighted by molar-refractivity contribution is -0.275. The predicted molar refractivity (Wildman–Crippen MR) is 106 cm³/mol. The van der Waals surface area contributed by atoms with Crippen molar-refractivity contribution in [2.45, 2.75) is 17.3 Å². The van der Waals surface area contributed by atoms with Gasteiger partial charge in [-0.15, -0.1) is 13.2 Å². The molecule has 0 amide bonds. The fourth-order valence-corrected chi connectivity index (χ4v) is 4.41. The minimum Gasteiger partial charge on any atom is -0.404 e. The summed E-state index contributed by atoms with van der Waals surface area (Å²) in [6.07, 6.45) is -5.04. The van der Waals surface area contributed by atoms with E-state index >= 15 is 0 Å². The Morgan fingerprint density at radius 2 is 1.38 bits per heavy atom. The first-order valence-corrected chi connectivity index (χ1v) is 10.6. The molecule has 0 saturated carbocycles. The van der Waals surface area contributed by atoms with Crippen LogP contribution in [0.25, 0.3) is 0 Å². The molecule has 3 rings (SSSR count). The first kappa shape index (κ1) is 21.4. The van der Waals surface area contributed by atoms with Crippen LogP contribution in [0.2, 0.25) is 0 Å². The number of rotatable bonds is 6. The van der Waals surface area contributed by atoms with Crippen LogP contribution in [0.4, 0.5) is 13.2 Å². The molecule has 0 fully saturated rings. The van der Waals surface area contributed by atoms with E-state index in [1.54, 1.807) is 60.7 Å². The van der Waals surface area contributed by atoms with Gasteiger partial charge in [0.25, 0.3) is 0 Å². The van der Waals surface area contributed by atoms with Gasteiger partial charge in [0, 0.05) is 4.47 Å². The highest BCUT2D eigenvalue weighted by Crippen LogP contribution is 2.33. The van der Waals surface area contributed by atoms with E-state index in [0.29, 0.717) is 11.1 Å². The van der Waals surface area contributed by atoms with E-state index < -0.39 is 33.1 Å². The predicted octanol–water partition coefficient (Wildman–Crippen LogP) is 5.42. The first-order valence-electron chi connectivity index (χ1n) is 8.33. The van der Waals surface area contributed by atoms with Crippen molar-refractivity contribution in [3.05, 3.63) is 94.5 Å². The van der Waals surface area contributed by atoms with Gasteiger partial charge < -0.3 is 4.74 Å². The molecule has 1 N–H and O–H groups in total. The van der Waals surface area contributed by atoms with Gasteiger partial charge >= 0.3 is 6.36 Å². The van der Waals surface area contributed by atoms with Crippen molar-refractivity contribution in [2.24, 2.45) is 0 Å². The summed E-state index contributed by atoms with van der Waals surface area (Å²) < 4.78 is 71.1. The van der Waals surface area contributed by atoms with Crippen molar-refractivity contribution < 1.29 is 26.3 Å². The number of benzene rings is 3. The fourth-order valence-electron chi connectivity index (χ4n) is 2.75. The Morgan fingerprint density at radius 1 is 0.862 bits per heavy atom. The molecule has 0 spiro atoms. The molecular formula is C20H15BrF3NO3S. The Morgan fingerprint density at radius 3 is 1.86 bits per heavy atom. The van der Waals surface area contributed by atoms with Crippen molar-refractivity contribution in [1.82, 2.24) is 4.72 Å². The Bertz CT molecular complexity index is 1040. The second kappa shape index (κ2) is 8.56. The molecule has 0 radical (unpaired) electrons. The minimum atomic E-state index is -5.04. The van der Waals surface area contributed by atoms with Crippen LogP contribution in [0.15, 0.2) is 88.2 Å². The molecule has 3 aromatic carbocycles. The first-order chi connectivity index (χ1) is 13.7. The summed E-state index contributed by atoms with van der Waals surface area (Å²) in [6.45, 7) is 0. The summed E-state index contributed by atoms with van der Waals surface area (Å²) in [5.74, 6) is -0.820. The Labute approximate surface area is 174 Å². The standard InChI is InChI=1S/C20H15BrF3NO3S/c21-16-11-12-18(17(13-16)28-20(22,23)24)29(26,27)25-19(14-7-3-1-4-8-14)15-9-5-2-6-10-15/h1-13,19,25H. The summed E-state index contributed by atoms with van der Waals surface area (Å²) in [6, 6.07) is 20.0. The van der Waals surface area contributed by atoms with Crippen molar-refractivity contribution in [2.75, 3.05) is 0 Å². The zero-order valence-corrected chi connectivity index (χ0v) is 17.1. The maximum absolute atomic E-state index is 13.0. The molecule has 29 heavy (non-hydrogen) atoms. The van der Waals surface area contributed by atoms with E-state index in [9.17, 15) is 21.6 Å². The Kier molecular flexibility index (Phi) is 6.30. The number of ether oxygens (including phenoxy) is 1. The second-order valence-corrected chi connectivity index (χ2v) is 8.61. The lowest BCUT2D eigenvalue weighted by Gasteiger charge is -2.21. The molecular weight excluding hydrogens is 471 g/mol. The molecule has 0 heterocycles. The van der Waals surface area contributed by atoms with Crippen LogP contribution in [-0.4, -0.2) is 14.8 Å². The number of halogens is 4. The zero-order valence-electron chi connectivity index (χ0n) is 14.7. The number of hydrogen-bond donors (Lipinski definition) is 1. The number of hydrogen-bond acceptors (Lipinski definition) is 3. The molecule has 3 aromatic rings. The third kappa shape index (κ3) is 5.59. The largest absolute Gasteiger partial charge is 0.573 e. The average Bonchev–Trinajstić information content (AvgIpc) is 2.66. The van der Waals surface area contributed by atoms with E-state index in [-0.39, 0.29) is 4.47 Å². The highest BCUT2D eigenvalue weighted by molar-refractivity contribution is 9.10. The van der Waals surface area contributed by atoms with Crippen LogP contribution in [0.5, 0.6) is 5.75 Å². The van der Waals surface area contributed by atoms with E-state index in [2.05, 4.69) is 25.4 Å². The van der Waals surface area contributed by atoms with E-state index in [1.807, 2.05) is 0 Å². The smallest absolute Gasteiger partial charge is 0.404 e. The lowest BCUT2D eigenvalue weighted by atomic mass is 10.00. The summed E-state index contributed by atoms with van der Waals surface area (Å²) in [5, 5.41) is 0. The minimum absolute atomic E-state index is 0.248. The van der Waals surface area contributed by atoms with Gasteiger partial charge in [0.2, 0.25) is 10.0 Å². The summed E-state index contributed by atoms with van der Waals surface area (Å²) in [5.41, 5.74) is 1.27. The number of sulfonamides is 1. The normalized spacial score (nSPS) is 12.2. The van der Waals surface area contributed by atoms with Gasteiger partial charge in [-0.25, -0.2) is 8.42 Å². The molecule has 0 aliphatic heterocycles. The van der Waals surface area contributed by atoms with Crippen molar-refractivity contribution in [3.8, 4) is 5.75 Å². The van der Waals surface area contributed by atoms with Gasteiger partial charge in [-0.2, -0.15) is 4.72 Å². The zero-order chi connectivity index (χ0) is 21.1. The molecule has 152 valence electrons. The summed E-state index contributed by atoms with van der Waals surface area (Å²) in [7, 11) is -4.37. The maximum atomic E-state index is 13.0. The quantitative estimate of drug-likeness (QED) is 0.507. The molecule has 0 aliphatic rings. The highest BCUT2D eigenvalue weighted by Gasteiger charge is 2.35. The maximum Gasteiger partial charge on any atom is 0.573 e. The van der Waals surface area contributed by atoms with Gasteiger partial charge in [-0.05, 0) is 29.3 Å². The molecule has 0 saturated heterocycles. The average molecular weight is 486 g/mol. The van der Waals surface area contributed by atoms with Crippen LogP contribution in [-0.2, 0) is 10.0 Å². The molecule has 4 nitrogen and oxygen atoms in total. The van der Waals surface area contributed by atoms with Gasteiger partial charge in [0.1, 0.15) is 4.90 Å².